The van der Waals surface area contributed by atoms with Crippen molar-refractivity contribution in [3.05, 3.63) is 0 Å². The molecule has 0 aliphatic heterocycles. The van der Waals surface area contributed by atoms with Crippen molar-refractivity contribution in [2.24, 2.45) is 11.8 Å². The maximum absolute atomic E-state index is 10.2. The first-order chi connectivity index (χ1) is 4.09. The van der Waals surface area contributed by atoms with E-state index < -0.39 is 11.9 Å². The maximum Gasteiger partial charge on any atom is 0.307 e. The zero-order valence-corrected chi connectivity index (χ0v) is 5.59. The summed E-state index contributed by atoms with van der Waals surface area (Å²) in [6.07, 6.45) is 5.00. The van der Waals surface area contributed by atoms with E-state index >= 15 is 0 Å². The quantitative estimate of drug-likeness (QED) is 0.560. The molecule has 0 bridgehead atoms. The molecule has 0 aromatic carbocycles. The topological polar surface area (TPSA) is 37.3 Å². The SMILES string of the molecule is C#C[C@H](C)[C@@H](C)C(=O)O. The number of aliphatic carboxylic acids is 1. The molecule has 9 heavy (non-hydrogen) atoms. The van der Waals surface area contributed by atoms with Crippen molar-refractivity contribution in [1.82, 2.24) is 0 Å². The number of carbonyl (C=O) groups is 1. The molecule has 50 valence electrons. The molecule has 0 aromatic rings. The Bertz CT molecular complexity index is 143. The Labute approximate surface area is 54.9 Å². The summed E-state index contributed by atoms with van der Waals surface area (Å²) in [6.45, 7) is 3.33. The van der Waals surface area contributed by atoms with Gasteiger partial charge in [-0.25, -0.2) is 0 Å². The van der Waals surface area contributed by atoms with Crippen LogP contribution in [0.5, 0.6) is 0 Å². The van der Waals surface area contributed by atoms with E-state index in [4.69, 9.17) is 11.5 Å². The zero-order chi connectivity index (χ0) is 7.44. The molecule has 0 aromatic heterocycles. The van der Waals surface area contributed by atoms with Crippen molar-refractivity contribution >= 4 is 5.97 Å². The third-order valence-corrected chi connectivity index (χ3v) is 1.40. The molecular weight excluding hydrogens is 116 g/mol. The fourth-order valence-electron chi connectivity index (χ4n) is 0.358. The summed E-state index contributed by atoms with van der Waals surface area (Å²) < 4.78 is 0. The maximum atomic E-state index is 10.2. The second kappa shape index (κ2) is 3.13. The number of carboxylic acids is 1. The van der Waals surface area contributed by atoms with Crippen LogP contribution in [0.2, 0.25) is 0 Å². The van der Waals surface area contributed by atoms with Gasteiger partial charge in [0.2, 0.25) is 0 Å². The first kappa shape index (κ1) is 8.03. The van der Waals surface area contributed by atoms with E-state index in [9.17, 15) is 4.79 Å². The molecule has 0 saturated heterocycles. The van der Waals surface area contributed by atoms with Gasteiger partial charge < -0.3 is 5.11 Å². The second-order valence-electron chi connectivity index (χ2n) is 2.08. The average Bonchev–Trinajstić information content (AvgIpc) is 1.84. The summed E-state index contributed by atoms with van der Waals surface area (Å²) in [5, 5.41) is 8.39. The van der Waals surface area contributed by atoms with Crippen molar-refractivity contribution in [3.63, 3.8) is 0 Å². The molecule has 0 fully saturated rings. The Morgan fingerprint density at radius 2 is 2.11 bits per heavy atom. The molecule has 2 heteroatoms. The van der Waals surface area contributed by atoms with E-state index in [1.54, 1.807) is 13.8 Å². The van der Waals surface area contributed by atoms with Gasteiger partial charge in [0.1, 0.15) is 0 Å². The first-order valence-corrected chi connectivity index (χ1v) is 2.78. The van der Waals surface area contributed by atoms with E-state index in [0.717, 1.165) is 0 Å². The van der Waals surface area contributed by atoms with Crippen molar-refractivity contribution in [1.29, 1.82) is 0 Å². The number of hydrogen-bond donors (Lipinski definition) is 1. The van der Waals surface area contributed by atoms with Gasteiger partial charge in [0, 0.05) is 5.92 Å². The summed E-state index contributed by atoms with van der Waals surface area (Å²) in [6, 6.07) is 0. The van der Waals surface area contributed by atoms with E-state index in [1.807, 2.05) is 0 Å². The smallest absolute Gasteiger partial charge is 0.307 e. The van der Waals surface area contributed by atoms with Crippen LogP contribution >= 0.6 is 0 Å². The molecule has 2 nitrogen and oxygen atoms in total. The zero-order valence-electron chi connectivity index (χ0n) is 5.59. The highest BCUT2D eigenvalue weighted by Gasteiger charge is 2.16. The third kappa shape index (κ3) is 2.18. The third-order valence-electron chi connectivity index (χ3n) is 1.40. The predicted molar refractivity (Wildman–Crippen MR) is 34.8 cm³/mol. The molecule has 0 rings (SSSR count). The fourth-order valence-corrected chi connectivity index (χ4v) is 0.358. The minimum atomic E-state index is -0.833. The van der Waals surface area contributed by atoms with Gasteiger partial charge >= 0.3 is 5.97 Å². The summed E-state index contributed by atoms with van der Waals surface area (Å²) in [4.78, 5) is 10.2. The summed E-state index contributed by atoms with van der Waals surface area (Å²) in [5.74, 6) is 0.919. The Morgan fingerprint density at radius 1 is 1.67 bits per heavy atom. The van der Waals surface area contributed by atoms with Gasteiger partial charge in [0.05, 0.1) is 5.92 Å². The van der Waals surface area contributed by atoms with E-state index in [1.165, 1.54) is 0 Å². The number of rotatable bonds is 2. The normalized spacial score (nSPS) is 15.7. The average molecular weight is 126 g/mol. The molecule has 0 amide bonds. The Balaban J connectivity index is 3.91. The molecule has 2 atom stereocenters. The van der Waals surface area contributed by atoms with Crippen LogP contribution in [-0.4, -0.2) is 11.1 Å². The van der Waals surface area contributed by atoms with E-state index in [2.05, 4.69) is 5.92 Å². The van der Waals surface area contributed by atoms with Gasteiger partial charge in [0.25, 0.3) is 0 Å². The number of terminal acetylenes is 1. The van der Waals surface area contributed by atoms with Gasteiger partial charge in [-0.05, 0) is 0 Å². The number of carboxylic acid groups (broad SMARTS) is 1. The summed E-state index contributed by atoms with van der Waals surface area (Å²) >= 11 is 0. The Hall–Kier alpha value is -0.970. The molecule has 0 radical (unpaired) electrons. The summed E-state index contributed by atoms with van der Waals surface area (Å²) in [5.41, 5.74) is 0. The lowest BCUT2D eigenvalue weighted by Crippen LogP contribution is -2.16. The standard InChI is InChI=1S/C7H10O2/c1-4-5(2)6(3)7(8)9/h1,5-6H,2-3H3,(H,8,9)/t5-,6+/m0/s1. The van der Waals surface area contributed by atoms with Gasteiger partial charge in [-0.2, -0.15) is 0 Å². The molecule has 0 aliphatic carbocycles. The monoisotopic (exact) mass is 126 g/mol. The Morgan fingerprint density at radius 3 is 2.22 bits per heavy atom. The lowest BCUT2D eigenvalue weighted by atomic mass is 9.97. The highest BCUT2D eigenvalue weighted by atomic mass is 16.4. The fraction of sp³-hybridized carbons (Fsp3) is 0.571. The van der Waals surface area contributed by atoms with Gasteiger partial charge in [-0.15, -0.1) is 12.3 Å². The molecular formula is C7H10O2. The van der Waals surface area contributed by atoms with Crippen LogP contribution in [0.1, 0.15) is 13.8 Å². The van der Waals surface area contributed by atoms with Crippen molar-refractivity contribution in [3.8, 4) is 12.3 Å². The van der Waals surface area contributed by atoms with Crippen LogP contribution in [0.15, 0.2) is 0 Å². The van der Waals surface area contributed by atoms with Crippen LogP contribution in [0.3, 0.4) is 0 Å². The van der Waals surface area contributed by atoms with Gasteiger partial charge in [-0.1, -0.05) is 13.8 Å². The number of hydrogen-bond acceptors (Lipinski definition) is 1. The highest BCUT2D eigenvalue weighted by molar-refractivity contribution is 5.70. The van der Waals surface area contributed by atoms with Crippen molar-refractivity contribution in [2.75, 3.05) is 0 Å². The first-order valence-electron chi connectivity index (χ1n) is 2.78. The van der Waals surface area contributed by atoms with Crippen LogP contribution < -0.4 is 0 Å². The second-order valence-corrected chi connectivity index (χ2v) is 2.08. The molecule has 0 heterocycles. The molecule has 0 unspecified atom stereocenters. The van der Waals surface area contributed by atoms with Crippen LogP contribution in [0.4, 0.5) is 0 Å². The summed E-state index contributed by atoms with van der Waals surface area (Å²) in [7, 11) is 0. The van der Waals surface area contributed by atoms with Crippen LogP contribution in [0, 0.1) is 24.2 Å². The minimum absolute atomic E-state index is 0.178. The van der Waals surface area contributed by atoms with Gasteiger partial charge in [0.15, 0.2) is 0 Å². The Kier molecular flexibility index (Phi) is 2.80. The van der Waals surface area contributed by atoms with E-state index in [0.29, 0.717) is 0 Å². The highest BCUT2D eigenvalue weighted by Crippen LogP contribution is 2.08. The molecule has 1 N–H and O–H groups in total. The minimum Gasteiger partial charge on any atom is -0.481 e. The molecule has 0 saturated carbocycles. The van der Waals surface area contributed by atoms with Crippen molar-refractivity contribution in [2.45, 2.75) is 13.8 Å². The van der Waals surface area contributed by atoms with Gasteiger partial charge in [-0.3, -0.25) is 4.79 Å². The van der Waals surface area contributed by atoms with E-state index in [-0.39, 0.29) is 5.92 Å². The van der Waals surface area contributed by atoms with Crippen molar-refractivity contribution < 1.29 is 9.90 Å². The lowest BCUT2D eigenvalue weighted by Gasteiger charge is -2.07. The van der Waals surface area contributed by atoms with Crippen LogP contribution in [0.25, 0.3) is 0 Å². The molecule has 0 spiro atoms. The molecule has 0 aliphatic rings. The largest absolute Gasteiger partial charge is 0.481 e. The lowest BCUT2D eigenvalue weighted by molar-refractivity contribution is -0.142. The van der Waals surface area contributed by atoms with Crippen LogP contribution in [-0.2, 0) is 4.79 Å². The predicted octanol–water partition coefficient (Wildman–Crippen LogP) is 0.976.